The molecule has 2 saturated heterocycles. The highest BCUT2D eigenvalue weighted by molar-refractivity contribution is 6.43. The molecule has 26 heavy (non-hydrogen) atoms. The zero-order chi connectivity index (χ0) is 18.7. The Bertz CT molecular complexity index is 671. The first-order valence-corrected chi connectivity index (χ1v) is 9.50. The van der Waals surface area contributed by atoms with Gasteiger partial charge in [-0.15, -0.1) is 0 Å². The van der Waals surface area contributed by atoms with Crippen molar-refractivity contribution in [3.8, 4) is 0 Å². The lowest BCUT2D eigenvalue weighted by molar-refractivity contribution is -0.138. The van der Waals surface area contributed by atoms with Gasteiger partial charge < -0.3 is 19.7 Å². The number of halogens is 2. The van der Waals surface area contributed by atoms with E-state index in [1.54, 1.807) is 30.0 Å². The SMILES string of the molecule is CC(NC(=O)c1cccc(Cl)c1Cl)C(=O)N1CCC(C2OCCO2)CC1. The molecule has 0 saturated carbocycles. The summed E-state index contributed by atoms with van der Waals surface area (Å²) in [6, 6.07) is 4.19. The fourth-order valence-electron chi connectivity index (χ4n) is 3.33. The van der Waals surface area contributed by atoms with Crippen LogP contribution in [0, 0.1) is 5.92 Å². The van der Waals surface area contributed by atoms with E-state index in [0.717, 1.165) is 12.8 Å². The van der Waals surface area contributed by atoms with E-state index in [9.17, 15) is 9.59 Å². The first-order chi connectivity index (χ1) is 12.5. The van der Waals surface area contributed by atoms with Gasteiger partial charge in [-0.2, -0.15) is 0 Å². The minimum atomic E-state index is -0.645. The van der Waals surface area contributed by atoms with Crippen LogP contribution in [0.2, 0.25) is 10.0 Å². The molecule has 1 atom stereocenters. The Labute approximate surface area is 162 Å². The van der Waals surface area contributed by atoms with Gasteiger partial charge in [0.1, 0.15) is 6.04 Å². The van der Waals surface area contributed by atoms with Crippen LogP contribution in [0.15, 0.2) is 18.2 Å². The number of piperidine rings is 1. The number of carbonyl (C=O) groups is 2. The van der Waals surface area contributed by atoms with E-state index in [1.165, 1.54) is 0 Å². The van der Waals surface area contributed by atoms with E-state index in [-0.39, 0.29) is 22.8 Å². The monoisotopic (exact) mass is 400 g/mol. The largest absolute Gasteiger partial charge is 0.350 e. The van der Waals surface area contributed by atoms with Gasteiger partial charge in [-0.05, 0) is 31.9 Å². The van der Waals surface area contributed by atoms with Gasteiger partial charge in [0.05, 0.1) is 28.8 Å². The summed E-state index contributed by atoms with van der Waals surface area (Å²) in [4.78, 5) is 26.8. The van der Waals surface area contributed by atoms with Gasteiger partial charge in [-0.25, -0.2) is 0 Å². The zero-order valence-electron chi connectivity index (χ0n) is 14.5. The van der Waals surface area contributed by atoms with E-state index >= 15 is 0 Å². The maximum atomic E-state index is 12.6. The van der Waals surface area contributed by atoms with Crippen LogP contribution in [-0.2, 0) is 14.3 Å². The van der Waals surface area contributed by atoms with Gasteiger partial charge in [0.15, 0.2) is 6.29 Å². The van der Waals surface area contributed by atoms with Crippen LogP contribution < -0.4 is 5.32 Å². The molecule has 1 aromatic rings. The molecule has 2 aliphatic rings. The summed E-state index contributed by atoms with van der Waals surface area (Å²) in [6.45, 7) is 4.21. The van der Waals surface area contributed by atoms with Crippen molar-refractivity contribution in [2.45, 2.75) is 32.1 Å². The number of likely N-dealkylation sites (tertiary alicyclic amines) is 1. The molecule has 0 radical (unpaired) electrons. The Morgan fingerprint density at radius 2 is 1.85 bits per heavy atom. The molecule has 142 valence electrons. The number of nitrogens with one attached hydrogen (secondary N) is 1. The summed E-state index contributed by atoms with van der Waals surface area (Å²) in [5.41, 5.74) is 0.257. The predicted molar refractivity (Wildman–Crippen MR) is 98.4 cm³/mol. The lowest BCUT2D eigenvalue weighted by atomic mass is 9.96. The molecule has 2 aliphatic heterocycles. The molecule has 0 aromatic heterocycles. The molecule has 2 fully saturated rings. The standard InChI is InChI=1S/C18H22Cl2N2O4/c1-11(21-16(23)13-3-2-4-14(19)15(13)20)17(24)22-7-5-12(6-8-22)18-25-9-10-26-18/h2-4,11-12,18H,5-10H2,1H3,(H,21,23). The van der Waals surface area contributed by atoms with E-state index in [1.807, 2.05) is 0 Å². The van der Waals surface area contributed by atoms with E-state index in [2.05, 4.69) is 5.32 Å². The maximum absolute atomic E-state index is 12.6. The maximum Gasteiger partial charge on any atom is 0.253 e. The van der Waals surface area contributed by atoms with Gasteiger partial charge in [-0.1, -0.05) is 29.3 Å². The Morgan fingerprint density at radius 3 is 2.50 bits per heavy atom. The summed E-state index contributed by atoms with van der Waals surface area (Å²) >= 11 is 12.0. The predicted octanol–water partition coefficient (Wildman–Crippen LogP) is 2.72. The molecule has 0 aliphatic carbocycles. The van der Waals surface area contributed by atoms with Crippen LogP contribution in [0.4, 0.5) is 0 Å². The van der Waals surface area contributed by atoms with Crippen molar-refractivity contribution in [2.75, 3.05) is 26.3 Å². The fourth-order valence-corrected chi connectivity index (χ4v) is 3.72. The minimum absolute atomic E-state index is 0.108. The van der Waals surface area contributed by atoms with Crippen molar-refractivity contribution < 1.29 is 19.1 Å². The van der Waals surface area contributed by atoms with Crippen molar-refractivity contribution in [3.63, 3.8) is 0 Å². The second-order valence-electron chi connectivity index (χ2n) is 6.57. The van der Waals surface area contributed by atoms with Gasteiger partial charge in [0.25, 0.3) is 5.91 Å². The van der Waals surface area contributed by atoms with Crippen LogP contribution in [0.25, 0.3) is 0 Å². The average molecular weight is 401 g/mol. The second-order valence-corrected chi connectivity index (χ2v) is 7.35. The number of nitrogens with zero attached hydrogens (tertiary/aromatic N) is 1. The first-order valence-electron chi connectivity index (χ1n) is 8.74. The van der Waals surface area contributed by atoms with Gasteiger partial charge in [-0.3, -0.25) is 9.59 Å². The van der Waals surface area contributed by atoms with Crippen molar-refractivity contribution in [1.82, 2.24) is 10.2 Å². The van der Waals surface area contributed by atoms with Crippen LogP contribution in [-0.4, -0.2) is 55.3 Å². The van der Waals surface area contributed by atoms with Gasteiger partial charge in [0, 0.05) is 19.0 Å². The number of ether oxygens (including phenoxy) is 2. The number of carbonyl (C=O) groups excluding carboxylic acids is 2. The summed E-state index contributed by atoms with van der Waals surface area (Å²) < 4.78 is 11.1. The lowest BCUT2D eigenvalue weighted by Crippen LogP contribution is -2.50. The van der Waals surface area contributed by atoms with Crippen LogP contribution in [0.3, 0.4) is 0 Å². The second kappa shape index (κ2) is 8.57. The van der Waals surface area contributed by atoms with E-state index in [0.29, 0.717) is 37.2 Å². The third-order valence-corrected chi connectivity index (χ3v) is 5.62. The van der Waals surface area contributed by atoms with Crippen molar-refractivity contribution in [3.05, 3.63) is 33.8 Å². The molecule has 8 heteroatoms. The van der Waals surface area contributed by atoms with Crippen LogP contribution in [0.1, 0.15) is 30.1 Å². The van der Waals surface area contributed by atoms with Crippen molar-refractivity contribution in [2.24, 2.45) is 5.92 Å². The number of hydrogen-bond donors (Lipinski definition) is 1. The van der Waals surface area contributed by atoms with E-state index < -0.39 is 11.9 Å². The smallest absolute Gasteiger partial charge is 0.253 e. The van der Waals surface area contributed by atoms with Gasteiger partial charge in [0.2, 0.25) is 5.91 Å². The topological polar surface area (TPSA) is 67.9 Å². The number of amides is 2. The number of rotatable bonds is 4. The first kappa shape index (κ1) is 19.4. The Kier molecular flexibility index (Phi) is 6.40. The lowest BCUT2D eigenvalue weighted by Gasteiger charge is -2.35. The minimum Gasteiger partial charge on any atom is -0.350 e. The number of hydrogen-bond acceptors (Lipinski definition) is 4. The molecule has 1 unspecified atom stereocenters. The molecule has 1 N–H and O–H groups in total. The highest BCUT2D eigenvalue weighted by Gasteiger charge is 2.33. The summed E-state index contributed by atoms with van der Waals surface area (Å²) in [5, 5.41) is 3.19. The quantitative estimate of drug-likeness (QED) is 0.843. The average Bonchev–Trinajstić information content (AvgIpc) is 3.18. The molecule has 6 nitrogen and oxygen atoms in total. The Hall–Kier alpha value is -1.34. The fraction of sp³-hybridized carbons (Fsp3) is 0.556. The Balaban J connectivity index is 1.53. The third-order valence-electron chi connectivity index (χ3n) is 4.80. The molecule has 2 heterocycles. The van der Waals surface area contributed by atoms with E-state index in [4.69, 9.17) is 32.7 Å². The molecule has 0 bridgehead atoms. The normalized spacial score (nSPS) is 20.2. The summed E-state index contributed by atoms with van der Waals surface area (Å²) in [6.07, 6.45) is 1.52. The molecular formula is C18H22Cl2N2O4. The summed E-state index contributed by atoms with van der Waals surface area (Å²) in [7, 11) is 0. The van der Waals surface area contributed by atoms with Crippen LogP contribution >= 0.6 is 23.2 Å². The highest BCUT2D eigenvalue weighted by Crippen LogP contribution is 2.27. The zero-order valence-corrected chi connectivity index (χ0v) is 16.1. The Morgan fingerprint density at radius 1 is 1.19 bits per heavy atom. The molecule has 2 amide bonds. The van der Waals surface area contributed by atoms with Gasteiger partial charge >= 0.3 is 0 Å². The number of benzene rings is 1. The molecule has 0 spiro atoms. The molecule has 3 rings (SSSR count). The van der Waals surface area contributed by atoms with Crippen molar-refractivity contribution >= 4 is 35.0 Å². The highest BCUT2D eigenvalue weighted by atomic mass is 35.5. The summed E-state index contributed by atoms with van der Waals surface area (Å²) in [5.74, 6) is -0.207. The molecular weight excluding hydrogens is 379 g/mol. The van der Waals surface area contributed by atoms with Crippen LogP contribution in [0.5, 0.6) is 0 Å². The van der Waals surface area contributed by atoms with Crippen molar-refractivity contribution in [1.29, 1.82) is 0 Å². The molecule has 1 aromatic carbocycles. The third kappa shape index (κ3) is 4.31.